The molecule has 28 heavy (non-hydrogen) atoms. The summed E-state index contributed by atoms with van der Waals surface area (Å²) in [5, 5.41) is 1.89. The molecule has 0 aliphatic carbocycles. The molecule has 5 nitrogen and oxygen atoms in total. The number of likely N-dealkylation sites (tertiary alicyclic amines) is 1. The molecule has 1 unspecified atom stereocenters. The van der Waals surface area contributed by atoms with E-state index >= 15 is 0 Å². The number of piperazine rings is 1. The van der Waals surface area contributed by atoms with Gasteiger partial charge in [-0.1, -0.05) is 6.07 Å². The largest absolute Gasteiger partial charge is 0.368 e. The SMILES string of the molecule is O=C(C1CCCCN1C(=O)c1cccs1)N1CCN(c2ccc(F)cc2)CC1. The number of anilines is 1. The van der Waals surface area contributed by atoms with E-state index in [4.69, 9.17) is 0 Å². The van der Waals surface area contributed by atoms with Gasteiger partial charge in [0, 0.05) is 38.4 Å². The number of benzene rings is 1. The fourth-order valence-corrected chi connectivity index (χ4v) is 4.70. The quantitative estimate of drug-likeness (QED) is 0.793. The maximum atomic E-state index is 13.2. The summed E-state index contributed by atoms with van der Waals surface area (Å²) in [7, 11) is 0. The first-order valence-corrected chi connectivity index (χ1v) is 10.7. The van der Waals surface area contributed by atoms with Gasteiger partial charge in [-0.2, -0.15) is 0 Å². The molecule has 7 heteroatoms. The zero-order chi connectivity index (χ0) is 19.5. The number of halogens is 1. The molecule has 4 rings (SSSR count). The molecule has 2 amide bonds. The third-order valence-corrected chi connectivity index (χ3v) is 6.42. The first kappa shape index (κ1) is 18.9. The number of hydrogen-bond donors (Lipinski definition) is 0. The minimum atomic E-state index is -0.360. The van der Waals surface area contributed by atoms with Crippen molar-refractivity contribution < 1.29 is 14.0 Å². The van der Waals surface area contributed by atoms with E-state index in [0.717, 1.165) is 24.9 Å². The molecule has 0 saturated carbocycles. The Labute approximate surface area is 168 Å². The highest BCUT2D eigenvalue weighted by molar-refractivity contribution is 7.12. The van der Waals surface area contributed by atoms with Crippen LogP contribution in [0.3, 0.4) is 0 Å². The van der Waals surface area contributed by atoms with Gasteiger partial charge < -0.3 is 14.7 Å². The highest BCUT2D eigenvalue weighted by Gasteiger charge is 2.36. The van der Waals surface area contributed by atoms with Crippen molar-refractivity contribution in [2.45, 2.75) is 25.3 Å². The molecule has 0 spiro atoms. The minimum absolute atomic E-state index is 0.0296. The molecule has 2 aliphatic rings. The smallest absolute Gasteiger partial charge is 0.264 e. The van der Waals surface area contributed by atoms with Crippen LogP contribution in [-0.2, 0) is 4.79 Å². The number of nitrogens with zero attached hydrogens (tertiary/aromatic N) is 3. The van der Waals surface area contributed by atoms with E-state index in [1.165, 1.54) is 23.5 Å². The third kappa shape index (κ3) is 3.90. The van der Waals surface area contributed by atoms with E-state index in [2.05, 4.69) is 4.90 Å². The average molecular weight is 402 g/mol. The van der Waals surface area contributed by atoms with Gasteiger partial charge in [-0.05, 0) is 55.0 Å². The Morgan fingerprint density at radius 3 is 2.39 bits per heavy atom. The number of carbonyl (C=O) groups excluding carboxylic acids is 2. The van der Waals surface area contributed by atoms with Crippen LogP contribution in [0, 0.1) is 5.82 Å². The maximum Gasteiger partial charge on any atom is 0.264 e. The van der Waals surface area contributed by atoms with Crippen LogP contribution in [0.25, 0.3) is 0 Å². The van der Waals surface area contributed by atoms with Crippen molar-refractivity contribution in [3.63, 3.8) is 0 Å². The first-order valence-electron chi connectivity index (χ1n) is 9.77. The standard InChI is InChI=1S/C21H24FN3O2S/c22-16-6-8-17(9-7-16)23-11-13-24(14-12-23)20(26)18-4-1-2-10-25(18)21(27)19-5-3-15-28-19/h3,5-9,15,18H,1-2,4,10-14H2. The van der Waals surface area contributed by atoms with Gasteiger partial charge in [0.05, 0.1) is 4.88 Å². The van der Waals surface area contributed by atoms with Crippen molar-refractivity contribution in [2.75, 3.05) is 37.6 Å². The van der Waals surface area contributed by atoms with Crippen molar-refractivity contribution >= 4 is 28.8 Å². The molecular weight excluding hydrogens is 377 g/mol. The molecule has 1 aromatic carbocycles. The van der Waals surface area contributed by atoms with Crippen molar-refractivity contribution in [1.82, 2.24) is 9.80 Å². The van der Waals surface area contributed by atoms with Crippen LogP contribution < -0.4 is 4.90 Å². The first-order chi connectivity index (χ1) is 13.6. The summed E-state index contributed by atoms with van der Waals surface area (Å²) in [5.41, 5.74) is 0.973. The third-order valence-electron chi connectivity index (χ3n) is 5.56. The lowest BCUT2D eigenvalue weighted by Crippen LogP contribution is -2.57. The number of piperidine rings is 1. The number of amides is 2. The Morgan fingerprint density at radius 2 is 1.71 bits per heavy atom. The molecule has 1 atom stereocenters. The van der Waals surface area contributed by atoms with E-state index in [9.17, 15) is 14.0 Å². The van der Waals surface area contributed by atoms with Crippen molar-refractivity contribution in [3.05, 3.63) is 52.5 Å². The van der Waals surface area contributed by atoms with Gasteiger partial charge in [-0.3, -0.25) is 9.59 Å². The number of hydrogen-bond acceptors (Lipinski definition) is 4. The second-order valence-corrected chi connectivity index (χ2v) is 8.22. The average Bonchev–Trinajstić information content (AvgIpc) is 3.28. The van der Waals surface area contributed by atoms with Gasteiger partial charge in [0.25, 0.3) is 5.91 Å². The normalized spacial score (nSPS) is 20.3. The van der Waals surface area contributed by atoms with Crippen molar-refractivity contribution in [1.29, 1.82) is 0 Å². The van der Waals surface area contributed by atoms with Crippen LogP contribution in [-0.4, -0.2) is 60.4 Å². The van der Waals surface area contributed by atoms with E-state index in [1.807, 2.05) is 22.4 Å². The monoisotopic (exact) mass is 401 g/mol. The molecule has 2 fully saturated rings. The van der Waals surface area contributed by atoms with Gasteiger partial charge in [0.2, 0.25) is 5.91 Å². The fourth-order valence-electron chi connectivity index (χ4n) is 4.02. The van der Waals surface area contributed by atoms with Crippen molar-refractivity contribution in [3.8, 4) is 0 Å². The number of rotatable bonds is 3. The molecule has 1 aromatic heterocycles. The summed E-state index contributed by atoms with van der Waals surface area (Å²) in [6, 6.07) is 9.80. The summed E-state index contributed by atoms with van der Waals surface area (Å²) in [5.74, 6) is -0.216. The molecule has 2 aliphatic heterocycles. The van der Waals surface area contributed by atoms with Crippen LogP contribution in [0.2, 0.25) is 0 Å². The molecular formula is C21H24FN3O2S. The Bertz CT molecular complexity index is 817. The zero-order valence-corrected chi connectivity index (χ0v) is 16.5. The lowest BCUT2D eigenvalue weighted by atomic mass is 10.00. The molecule has 0 N–H and O–H groups in total. The Kier molecular flexibility index (Phi) is 5.62. The van der Waals surface area contributed by atoms with Gasteiger partial charge in [0.15, 0.2) is 0 Å². The zero-order valence-electron chi connectivity index (χ0n) is 15.7. The van der Waals surface area contributed by atoms with Crippen LogP contribution in [0.15, 0.2) is 41.8 Å². The van der Waals surface area contributed by atoms with Crippen molar-refractivity contribution in [2.24, 2.45) is 0 Å². The molecule has 0 radical (unpaired) electrons. The Balaban J connectivity index is 1.40. The molecule has 2 aromatic rings. The molecule has 148 valence electrons. The number of carbonyl (C=O) groups is 2. The lowest BCUT2D eigenvalue weighted by molar-refractivity contribution is -0.137. The van der Waals surface area contributed by atoms with Crippen LogP contribution in [0.1, 0.15) is 28.9 Å². The molecule has 0 bridgehead atoms. The second-order valence-electron chi connectivity index (χ2n) is 7.28. The summed E-state index contributed by atoms with van der Waals surface area (Å²) < 4.78 is 13.1. The highest BCUT2D eigenvalue weighted by atomic mass is 32.1. The minimum Gasteiger partial charge on any atom is -0.368 e. The Morgan fingerprint density at radius 1 is 0.964 bits per heavy atom. The van der Waals surface area contributed by atoms with Crippen LogP contribution >= 0.6 is 11.3 Å². The molecule has 3 heterocycles. The van der Waals surface area contributed by atoms with E-state index in [-0.39, 0.29) is 23.7 Å². The van der Waals surface area contributed by atoms with Crippen LogP contribution in [0.5, 0.6) is 0 Å². The van der Waals surface area contributed by atoms with Gasteiger partial charge in [-0.25, -0.2) is 4.39 Å². The topological polar surface area (TPSA) is 43.9 Å². The highest BCUT2D eigenvalue weighted by Crippen LogP contribution is 2.24. The van der Waals surface area contributed by atoms with E-state index < -0.39 is 0 Å². The van der Waals surface area contributed by atoms with E-state index in [1.54, 1.807) is 17.0 Å². The van der Waals surface area contributed by atoms with Gasteiger partial charge >= 0.3 is 0 Å². The summed E-state index contributed by atoms with van der Waals surface area (Å²) in [4.78, 5) is 32.6. The summed E-state index contributed by atoms with van der Waals surface area (Å²) in [6.45, 7) is 3.30. The number of thiophene rings is 1. The maximum absolute atomic E-state index is 13.2. The predicted molar refractivity (Wildman–Crippen MR) is 108 cm³/mol. The van der Waals surface area contributed by atoms with E-state index in [0.29, 0.717) is 37.6 Å². The fraction of sp³-hybridized carbons (Fsp3) is 0.429. The summed E-state index contributed by atoms with van der Waals surface area (Å²) in [6.07, 6.45) is 2.65. The summed E-state index contributed by atoms with van der Waals surface area (Å²) >= 11 is 1.42. The second kappa shape index (κ2) is 8.31. The predicted octanol–water partition coefficient (Wildman–Crippen LogP) is 3.23. The molecule has 2 saturated heterocycles. The lowest BCUT2D eigenvalue weighted by Gasteiger charge is -2.41. The van der Waals surface area contributed by atoms with Crippen LogP contribution in [0.4, 0.5) is 10.1 Å². The Hall–Kier alpha value is -2.41. The van der Waals surface area contributed by atoms with Gasteiger partial charge in [-0.15, -0.1) is 11.3 Å². The van der Waals surface area contributed by atoms with Gasteiger partial charge in [0.1, 0.15) is 11.9 Å².